The van der Waals surface area contributed by atoms with E-state index in [1.165, 1.54) is 0 Å². The zero-order valence-corrected chi connectivity index (χ0v) is 9.94. The van der Waals surface area contributed by atoms with Gasteiger partial charge < -0.3 is 5.41 Å². The monoisotopic (exact) mass is 201 g/mol. The molecule has 76 valence electrons. The minimum absolute atomic E-state index is 0.0568. The van der Waals surface area contributed by atoms with E-state index in [1.807, 2.05) is 19.9 Å². The van der Waals surface area contributed by atoms with Crippen molar-refractivity contribution in [1.82, 2.24) is 0 Å². The SMILES string of the molecule is CC=C(C(=N)C(C)C(C)C)C(C)Cl. The van der Waals surface area contributed by atoms with E-state index in [1.54, 1.807) is 0 Å². The summed E-state index contributed by atoms with van der Waals surface area (Å²) in [6.07, 6.45) is 1.94. The largest absolute Gasteiger partial charge is 0.305 e. The highest BCUT2D eigenvalue weighted by Gasteiger charge is 2.18. The molecule has 1 nitrogen and oxygen atoms in total. The van der Waals surface area contributed by atoms with Crippen LogP contribution < -0.4 is 0 Å². The van der Waals surface area contributed by atoms with Gasteiger partial charge in [0.25, 0.3) is 0 Å². The molecule has 0 fully saturated rings. The van der Waals surface area contributed by atoms with Crippen LogP contribution in [0.3, 0.4) is 0 Å². The molecule has 0 bridgehead atoms. The average molecular weight is 202 g/mol. The number of hydrogen-bond donors (Lipinski definition) is 1. The fourth-order valence-electron chi connectivity index (χ4n) is 1.20. The van der Waals surface area contributed by atoms with E-state index in [4.69, 9.17) is 17.0 Å². The predicted octanol–water partition coefficient (Wildman–Crippen LogP) is 3.87. The standard InChI is InChI=1S/C11H20ClN/c1-6-10(9(5)12)11(13)8(4)7(2)3/h6-9,13H,1-5H3. The van der Waals surface area contributed by atoms with Crippen LogP contribution in [0.2, 0.25) is 0 Å². The first-order valence-electron chi connectivity index (χ1n) is 4.80. The summed E-state index contributed by atoms with van der Waals surface area (Å²) in [7, 11) is 0. The number of alkyl halides is 1. The molecule has 0 aliphatic rings. The van der Waals surface area contributed by atoms with E-state index in [0.29, 0.717) is 11.6 Å². The second kappa shape index (κ2) is 5.43. The lowest BCUT2D eigenvalue weighted by Gasteiger charge is -2.20. The van der Waals surface area contributed by atoms with Gasteiger partial charge in [0.05, 0.1) is 5.38 Å². The summed E-state index contributed by atoms with van der Waals surface area (Å²) in [5.74, 6) is 0.783. The molecule has 0 rings (SSSR count). The fraction of sp³-hybridized carbons (Fsp3) is 0.727. The summed E-state index contributed by atoms with van der Waals surface area (Å²) in [5.41, 5.74) is 1.64. The Morgan fingerprint density at radius 2 is 1.69 bits per heavy atom. The molecule has 0 saturated heterocycles. The van der Waals surface area contributed by atoms with Crippen LogP contribution in [0.5, 0.6) is 0 Å². The summed E-state index contributed by atoms with van der Waals surface area (Å²) in [5, 5.41) is 7.90. The fourth-order valence-corrected chi connectivity index (χ4v) is 1.44. The van der Waals surface area contributed by atoms with Crippen molar-refractivity contribution in [2.45, 2.75) is 40.0 Å². The molecular weight excluding hydrogens is 182 g/mol. The molecule has 0 spiro atoms. The Labute approximate surface area is 86.7 Å². The van der Waals surface area contributed by atoms with Crippen LogP contribution in [0.25, 0.3) is 0 Å². The van der Waals surface area contributed by atoms with Gasteiger partial charge in [-0.05, 0) is 25.3 Å². The van der Waals surface area contributed by atoms with Crippen LogP contribution in [0, 0.1) is 17.2 Å². The molecule has 0 saturated carbocycles. The summed E-state index contributed by atoms with van der Waals surface area (Å²) in [4.78, 5) is 0. The maximum Gasteiger partial charge on any atom is 0.0571 e. The van der Waals surface area contributed by atoms with Crippen molar-refractivity contribution >= 4 is 17.3 Å². The lowest BCUT2D eigenvalue weighted by Crippen LogP contribution is -2.21. The Morgan fingerprint density at radius 3 is 1.92 bits per heavy atom. The molecule has 2 unspecified atom stereocenters. The summed E-state index contributed by atoms with van der Waals surface area (Å²) in [6, 6.07) is 0. The van der Waals surface area contributed by atoms with Gasteiger partial charge >= 0.3 is 0 Å². The molecule has 2 heteroatoms. The lowest BCUT2D eigenvalue weighted by molar-refractivity contribution is 0.529. The van der Waals surface area contributed by atoms with Crippen LogP contribution >= 0.6 is 11.6 Å². The van der Waals surface area contributed by atoms with Gasteiger partial charge in [-0.1, -0.05) is 26.8 Å². The van der Waals surface area contributed by atoms with Gasteiger partial charge in [0.1, 0.15) is 0 Å². The molecule has 0 heterocycles. The normalized spacial score (nSPS) is 17.3. The highest BCUT2D eigenvalue weighted by molar-refractivity contribution is 6.26. The van der Waals surface area contributed by atoms with Crippen molar-refractivity contribution < 1.29 is 0 Å². The topological polar surface area (TPSA) is 23.9 Å². The average Bonchev–Trinajstić information content (AvgIpc) is 2.03. The summed E-state index contributed by atoms with van der Waals surface area (Å²) >= 11 is 5.98. The Balaban J connectivity index is 4.58. The Bertz CT molecular complexity index is 204. The second-order valence-corrected chi connectivity index (χ2v) is 4.46. The van der Waals surface area contributed by atoms with Crippen LogP contribution in [0.1, 0.15) is 34.6 Å². The quantitative estimate of drug-likeness (QED) is 0.528. The van der Waals surface area contributed by atoms with Crippen molar-refractivity contribution in [2.75, 3.05) is 0 Å². The molecule has 2 atom stereocenters. The van der Waals surface area contributed by atoms with E-state index < -0.39 is 0 Å². The number of halogens is 1. The molecular formula is C11H20ClN. The van der Waals surface area contributed by atoms with E-state index in [0.717, 1.165) is 5.57 Å². The first-order chi connectivity index (χ1) is 5.91. The highest BCUT2D eigenvalue weighted by Crippen LogP contribution is 2.20. The zero-order valence-electron chi connectivity index (χ0n) is 9.19. The molecule has 0 radical (unpaired) electrons. The Kier molecular flexibility index (Phi) is 5.31. The summed E-state index contributed by atoms with van der Waals surface area (Å²) < 4.78 is 0. The molecule has 13 heavy (non-hydrogen) atoms. The number of allylic oxidation sites excluding steroid dienone is 2. The van der Waals surface area contributed by atoms with Crippen LogP contribution in [0.15, 0.2) is 11.6 Å². The van der Waals surface area contributed by atoms with Gasteiger partial charge in [-0.25, -0.2) is 0 Å². The van der Waals surface area contributed by atoms with Gasteiger partial charge in [-0.3, -0.25) is 0 Å². The van der Waals surface area contributed by atoms with Gasteiger partial charge in [0.15, 0.2) is 0 Å². The predicted molar refractivity (Wildman–Crippen MR) is 60.8 cm³/mol. The van der Waals surface area contributed by atoms with E-state index >= 15 is 0 Å². The van der Waals surface area contributed by atoms with Crippen molar-refractivity contribution in [3.8, 4) is 0 Å². The van der Waals surface area contributed by atoms with E-state index in [2.05, 4.69) is 20.8 Å². The maximum absolute atomic E-state index is 7.96. The highest BCUT2D eigenvalue weighted by atomic mass is 35.5. The molecule has 0 aromatic heterocycles. The minimum Gasteiger partial charge on any atom is -0.305 e. The first-order valence-corrected chi connectivity index (χ1v) is 5.24. The number of hydrogen-bond acceptors (Lipinski definition) is 1. The van der Waals surface area contributed by atoms with Crippen molar-refractivity contribution in [2.24, 2.45) is 11.8 Å². The third-order valence-electron chi connectivity index (χ3n) is 2.51. The molecule has 1 N–H and O–H groups in total. The Morgan fingerprint density at radius 1 is 1.23 bits per heavy atom. The third kappa shape index (κ3) is 3.51. The van der Waals surface area contributed by atoms with Crippen LogP contribution in [-0.2, 0) is 0 Å². The van der Waals surface area contributed by atoms with Gasteiger partial charge in [-0.2, -0.15) is 0 Å². The molecule has 0 amide bonds. The van der Waals surface area contributed by atoms with Crippen LogP contribution in [-0.4, -0.2) is 11.1 Å². The first kappa shape index (κ1) is 12.7. The van der Waals surface area contributed by atoms with Gasteiger partial charge in [-0.15, -0.1) is 11.6 Å². The Hall–Kier alpha value is -0.300. The molecule has 0 aliphatic carbocycles. The number of nitrogens with one attached hydrogen (secondary N) is 1. The lowest BCUT2D eigenvalue weighted by atomic mass is 9.88. The molecule has 0 aliphatic heterocycles. The number of rotatable bonds is 4. The van der Waals surface area contributed by atoms with Gasteiger partial charge in [0.2, 0.25) is 0 Å². The molecule has 0 aromatic rings. The molecule has 0 aromatic carbocycles. The maximum atomic E-state index is 7.96. The summed E-state index contributed by atoms with van der Waals surface area (Å²) in [6.45, 7) is 10.2. The third-order valence-corrected chi connectivity index (χ3v) is 2.74. The van der Waals surface area contributed by atoms with Gasteiger partial charge in [0, 0.05) is 11.6 Å². The smallest absolute Gasteiger partial charge is 0.0571 e. The van der Waals surface area contributed by atoms with Crippen LogP contribution in [0.4, 0.5) is 0 Å². The van der Waals surface area contributed by atoms with E-state index in [9.17, 15) is 0 Å². The van der Waals surface area contributed by atoms with E-state index in [-0.39, 0.29) is 11.3 Å². The second-order valence-electron chi connectivity index (χ2n) is 3.81. The van der Waals surface area contributed by atoms with Crippen molar-refractivity contribution in [3.05, 3.63) is 11.6 Å². The zero-order chi connectivity index (χ0) is 10.6. The van der Waals surface area contributed by atoms with Crippen molar-refractivity contribution in [1.29, 1.82) is 5.41 Å². The van der Waals surface area contributed by atoms with Crippen molar-refractivity contribution in [3.63, 3.8) is 0 Å². The minimum atomic E-state index is -0.0568.